The standard InChI is InChI=1S/C17H19N3O2/c1-3-4-10-19-17-15(12-18)20-16(22-17)9-8-13-6-5-7-14(11-13)21-2/h5-9,11,19H,3-4,10H2,1-2H3/b9-8+. The zero-order valence-corrected chi connectivity index (χ0v) is 12.8. The van der Waals surface area contributed by atoms with Crippen LogP contribution in [-0.2, 0) is 0 Å². The van der Waals surface area contributed by atoms with Gasteiger partial charge in [-0.25, -0.2) is 0 Å². The van der Waals surface area contributed by atoms with Crippen molar-refractivity contribution in [3.63, 3.8) is 0 Å². The van der Waals surface area contributed by atoms with Crippen molar-refractivity contribution < 1.29 is 9.15 Å². The van der Waals surface area contributed by atoms with E-state index in [9.17, 15) is 0 Å². The molecule has 0 saturated heterocycles. The fraction of sp³-hybridized carbons (Fsp3) is 0.294. The van der Waals surface area contributed by atoms with E-state index in [1.54, 1.807) is 13.2 Å². The van der Waals surface area contributed by atoms with Gasteiger partial charge in [0.15, 0.2) is 0 Å². The minimum atomic E-state index is 0.279. The van der Waals surface area contributed by atoms with Crippen LogP contribution in [0.4, 0.5) is 5.88 Å². The first-order valence-corrected chi connectivity index (χ1v) is 7.23. The van der Waals surface area contributed by atoms with Crippen molar-refractivity contribution in [2.75, 3.05) is 19.0 Å². The number of aromatic nitrogens is 1. The Hall–Kier alpha value is -2.74. The van der Waals surface area contributed by atoms with E-state index in [0.717, 1.165) is 30.7 Å². The minimum Gasteiger partial charge on any atom is -0.497 e. The monoisotopic (exact) mass is 297 g/mol. The van der Waals surface area contributed by atoms with Crippen LogP contribution in [0.15, 0.2) is 28.7 Å². The lowest BCUT2D eigenvalue weighted by molar-refractivity contribution is 0.414. The molecule has 5 nitrogen and oxygen atoms in total. The largest absolute Gasteiger partial charge is 0.497 e. The lowest BCUT2D eigenvalue weighted by atomic mass is 10.2. The van der Waals surface area contributed by atoms with E-state index in [2.05, 4.69) is 17.2 Å². The maximum absolute atomic E-state index is 9.09. The Morgan fingerprint density at radius 1 is 1.41 bits per heavy atom. The van der Waals surface area contributed by atoms with Crippen molar-refractivity contribution in [2.45, 2.75) is 19.8 Å². The highest BCUT2D eigenvalue weighted by Crippen LogP contribution is 2.19. The van der Waals surface area contributed by atoms with Crippen LogP contribution >= 0.6 is 0 Å². The van der Waals surface area contributed by atoms with E-state index in [0.29, 0.717) is 11.8 Å². The van der Waals surface area contributed by atoms with E-state index >= 15 is 0 Å². The van der Waals surface area contributed by atoms with Gasteiger partial charge in [-0.2, -0.15) is 10.2 Å². The zero-order chi connectivity index (χ0) is 15.8. The van der Waals surface area contributed by atoms with Crippen LogP contribution < -0.4 is 10.1 Å². The molecule has 0 fully saturated rings. The molecule has 2 aromatic rings. The molecule has 0 unspecified atom stereocenters. The first-order chi connectivity index (χ1) is 10.8. The Kier molecular flexibility index (Phi) is 5.61. The van der Waals surface area contributed by atoms with Gasteiger partial charge in [-0.05, 0) is 30.2 Å². The van der Waals surface area contributed by atoms with Gasteiger partial charge in [0.2, 0.25) is 17.5 Å². The van der Waals surface area contributed by atoms with Gasteiger partial charge in [0.25, 0.3) is 0 Å². The second-order valence-corrected chi connectivity index (χ2v) is 4.73. The highest BCUT2D eigenvalue weighted by Gasteiger charge is 2.10. The molecule has 1 heterocycles. The van der Waals surface area contributed by atoms with Gasteiger partial charge in [0, 0.05) is 12.6 Å². The molecule has 0 aliphatic heterocycles. The molecule has 0 aliphatic rings. The number of nitrogens with zero attached hydrogens (tertiary/aromatic N) is 2. The lowest BCUT2D eigenvalue weighted by Gasteiger charge is -2.00. The molecule has 0 bridgehead atoms. The van der Waals surface area contributed by atoms with Crippen LogP contribution in [0, 0.1) is 11.3 Å². The Labute approximate surface area is 130 Å². The van der Waals surface area contributed by atoms with E-state index in [1.165, 1.54) is 0 Å². The van der Waals surface area contributed by atoms with Crippen molar-refractivity contribution in [1.82, 2.24) is 4.98 Å². The fourth-order valence-electron chi connectivity index (χ4n) is 1.89. The van der Waals surface area contributed by atoms with E-state index < -0.39 is 0 Å². The molecule has 0 amide bonds. The third-order valence-corrected chi connectivity index (χ3v) is 3.08. The summed E-state index contributed by atoms with van der Waals surface area (Å²) >= 11 is 0. The second kappa shape index (κ2) is 7.89. The zero-order valence-electron chi connectivity index (χ0n) is 12.8. The summed E-state index contributed by atoms with van der Waals surface area (Å²) in [5.74, 6) is 1.62. The van der Waals surface area contributed by atoms with Gasteiger partial charge in [0.05, 0.1) is 7.11 Å². The molecule has 1 aromatic carbocycles. The molecule has 114 valence electrons. The second-order valence-electron chi connectivity index (χ2n) is 4.73. The maximum Gasteiger partial charge on any atom is 0.232 e. The number of oxazole rings is 1. The summed E-state index contributed by atoms with van der Waals surface area (Å²) < 4.78 is 10.7. The molecular formula is C17H19N3O2. The molecule has 0 atom stereocenters. The Balaban J connectivity index is 2.12. The number of benzene rings is 1. The molecule has 0 spiro atoms. The summed E-state index contributed by atoms with van der Waals surface area (Å²) in [6.45, 7) is 2.87. The molecular weight excluding hydrogens is 278 g/mol. The van der Waals surface area contributed by atoms with Crippen LogP contribution in [0.1, 0.15) is 36.9 Å². The first-order valence-electron chi connectivity index (χ1n) is 7.23. The topological polar surface area (TPSA) is 71.1 Å². The maximum atomic E-state index is 9.09. The molecule has 0 radical (unpaired) electrons. The smallest absolute Gasteiger partial charge is 0.232 e. The average Bonchev–Trinajstić information content (AvgIpc) is 2.96. The number of unbranched alkanes of at least 4 members (excludes halogenated alkanes) is 1. The van der Waals surface area contributed by atoms with Gasteiger partial charge < -0.3 is 14.5 Å². The van der Waals surface area contributed by atoms with Crippen LogP contribution in [0.3, 0.4) is 0 Å². The number of methoxy groups -OCH3 is 1. The molecule has 5 heteroatoms. The van der Waals surface area contributed by atoms with Crippen LogP contribution in [-0.4, -0.2) is 18.6 Å². The van der Waals surface area contributed by atoms with Crippen molar-refractivity contribution >= 4 is 18.0 Å². The molecule has 1 N–H and O–H groups in total. The summed E-state index contributed by atoms with van der Waals surface area (Å²) in [4.78, 5) is 4.16. The van der Waals surface area contributed by atoms with Crippen molar-refractivity contribution in [1.29, 1.82) is 5.26 Å². The van der Waals surface area contributed by atoms with Gasteiger partial charge >= 0.3 is 0 Å². The summed E-state index contributed by atoms with van der Waals surface area (Å²) in [5.41, 5.74) is 1.25. The molecule has 2 rings (SSSR count). The van der Waals surface area contributed by atoms with Crippen molar-refractivity contribution in [2.24, 2.45) is 0 Å². The number of anilines is 1. The van der Waals surface area contributed by atoms with Gasteiger partial charge in [-0.15, -0.1) is 0 Å². The number of rotatable bonds is 7. The number of hydrogen-bond donors (Lipinski definition) is 1. The highest BCUT2D eigenvalue weighted by atomic mass is 16.5. The third-order valence-electron chi connectivity index (χ3n) is 3.08. The molecule has 0 saturated carbocycles. The van der Waals surface area contributed by atoms with Crippen LogP contribution in [0.5, 0.6) is 5.75 Å². The van der Waals surface area contributed by atoms with Crippen molar-refractivity contribution in [3.05, 3.63) is 41.4 Å². The third kappa shape index (κ3) is 4.13. The predicted molar refractivity (Wildman–Crippen MR) is 86.5 cm³/mol. The highest BCUT2D eigenvalue weighted by molar-refractivity contribution is 5.67. The van der Waals surface area contributed by atoms with E-state index in [-0.39, 0.29) is 5.69 Å². The summed E-state index contributed by atoms with van der Waals surface area (Å²) in [5, 5.41) is 12.2. The number of nitriles is 1. The van der Waals surface area contributed by atoms with Gasteiger partial charge in [-0.3, -0.25) is 0 Å². The van der Waals surface area contributed by atoms with Crippen LogP contribution in [0.2, 0.25) is 0 Å². The number of ether oxygens (including phenoxy) is 1. The molecule has 22 heavy (non-hydrogen) atoms. The SMILES string of the molecule is CCCCNc1oc(/C=C/c2cccc(OC)c2)nc1C#N. The first kappa shape index (κ1) is 15.6. The van der Waals surface area contributed by atoms with Crippen molar-refractivity contribution in [3.8, 4) is 11.8 Å². The molecule has 0 aliphatic carbocycles. The summed E-state index contributed by atoms with van der Waals surface area (Å²) in [6, 6.07) is 9.69. The summed E-state index contributed by atoms with van der Waals surface area (Å²) in [7, 11) is 1.63. The Morgan fingerprint density at radius 3 is 3.00 bits per heavy atom. The lowest BCUT2D eigenvalue weighted by Crippen LogP contribution is -2.00. The van der Waals surface area contributed by atoms with E-state index in [1.807, 2.05) is 36.4 Å². The quantitative estimate of drug-likeness (QED) is 0.784. The minimum absolute atomic E-state index is 0.279. The Bertz CT molecular complexity index is 683. The van der Waals surface area contributed by atoms with Gasteiger partial charge in [0.1, 0.15) is 11.8 Å². The molecule has 1 aromatic heterocycles. The normalized spacial score (nSPS) is 10.6. The number of hydrogen-bond acceptors (Lipinski definition) is 5. The summed E-state index contributed by atoms with van der Waals surface area (Å²) in [6.07, 6.45) is 5.69. The average molecular weight is 297 g/mol. The fourth-order valence-corrected chi connectivity index (χ4v) is 1.89. The van der Waals surface area contributed by atoms with E-state index in [4.69, 9.17) is 14.4 Å². The van der Waals surface area contributed by atoms with Gasteiger partial charge in [-0.1, -0.05) is 25.5 Å². The van der Waals surface area contributed by atoms with Crippen LogP contribution in [0.25, 0.3) is 12.2 Å². The number of nitrogens with one attached hydrogen (secondary N) is 1. The predicted octanol–water partition coefficient (Wildman–Crippen LogP) is 3.94. The Morgan fingerprint density at radius 2 is 2.27 bits per heavy atom.